The van der Waals surface area contributed by atoms with Gasteiger partial charge in [-0.05, 0) is 29.3 Å². The molecule has 0 aromatic heterocycles. The number of rotatable bonds is 8. The van der Waals surface area contributed by atoms with Gasteiger partial charge in [0.1, 0.15) is 18.5 Å². The Hall–Kier alpha value is -3.28. The predicted molar refractivity (Wildman–Crippen MR) is 96.2 cm³/mol. The first-order valence-corrected chi connectivity index (χ1v) is 7.80. The van der Waals surface area contributed by atoms with Gasteiger partial charge in [-0.2, -0.15) is 0 Å². The molecule has 2 aromatic carbocycles. The van der Waals surface area contributed by atoms with Crippen LogP contribution in [0.3, 0.4) is 0 Å². The fourth-order valence-electron chi connectivity index (χ4n) is 2.39. The molecule has 6 nitrogen and oxygen atoms in total. The monoisotopic (exact) mass is 356 g/mol. The number of hydrogen-bond acceptors (Lipinski definition) is 6. The summed E-state index contributed by atoms with van der Waals surface area (Å²) in [5.41, 5.74) is 2.14. The van der Waals surface area contributed by atoms with Crippen LogP contribution < -0.4 is 9.47 Å². The minimum absolute atomic E-state index is 0.160. The maximum atomic E-state index is 12.0. The zero-order valence-corrected chi connectivity index (χ0v) is 14.9. The van der Waals surface area contributed by atoms with Crippen LogP contribution in [-0.4, -0.2) is 33.6 Å². The molecule has 0 bridgehead atoms. The van der Waals surface area contributed by atoms with Crippen molar-refractivity contribution in [3.05, 3.63) is 65.4 Å². The topological polar surface area (TPSA) is 71.1 Å². The van der Waals surface area contributed by atoms with Gasteiger partial charge in [-0.3, -0.25) is 4.79 Å². The smallest absolute Gasteiger partial charge is 0.341 e. The summed E-state index contributed by atoms with van der Waals surface area (Å²) >= 11 is 0. The third-order valence-corrected chi connectivity index (χ3v) is 3.66. The number of hydrogen-bond donors (Lipinski definition) is 0. The van der Waals surface area contributed by atoms with Crippen molar-refractivity contribution in [2.45, 2.75) is 6.61 Å². The van der Waals surface area contributed by atoms with Gasteiger partial charge in [0.2, 0.25) is 0 Å². The number of carbonyl (C=O) groups is 2. The fraction of sp³-hybridized carbons (Fsp3) is 0.200. The molecule has 0 atom stereocenters. The fourth-order valence-corrected chi connectivity index (χ4v) is 2.39. The third-order valence-electron chi connectivity index (χ3n) is 3.66. The predicted octanol–water partition coefficient (Wildman–Crippen LogP) is 3.25. The highest BCUT2D eigenvalue weighted by Gasteiger charge is 2.17. The van der Waals surface area contributed by atoms with E-state index in [0.29, 0.717) is 22.6 Å². The van der Waals surface area contributed by atoms with Gasteiger partial charge in [-0.25, -0.2) is 4.79 Å². The maximum Gasteiger partial charge on any atom is 0.341 e. The van der Waals surface area contributed by atoms with Crippen molar-refractivity contribution < 1.29 is 28.5 Å². The highest BCUT2D eigenvalue weighted by atomic mass is 16.5. The molecule has 2 aromatic rings. The quantitative estimate of drug-likeness (QED) is 0.313. The van der Waals surface area contributed by atoms with E-state index in [0.717, 1.165) is 11.8 Å². The molecular weight excluding hydrogens is 336 g/mol. The summed E-state index contributed by atoms with van der Waals surface area (Å²) in [7, 11) is 4.28. The Kier molecular flexibility index (Phi) is 6.79. The van der Waals surface area contributed by atoms with Gasteiger partial charge < -0.3 is 18.9 Å². The number of esters is 1. The normalized spacial score (nSPS) is 10.8. The van der Waals surface area contributed by atoms with Crippen LogP contribution in [0, 0.1) is 0 Å². The average Bonchev–Trinajstić information content (AvgIpc) is 2.69. The molecule has 0 radical (unpaired) electrons. The molecule has 0 amide bonds. The Morgan fingerprint density at radius 2 is 1.81 bits per heavy atom. The Bertz CT molecular complexity index is 810. The molecule has 0 heterocycles. The summed E-state index contributed by atoms with van der Waals surface area (Å²) in [5.74, 6) is 0.427. The van der Waals surface area contributed by atoms with Gasteiger partial charge in [-0.15, -0.1) is 0 Å². The highest BCUT2D eigenvalue weighted by molar-refractivity contribution is 6.16. The van der Waals surface area contributed by atoms with Crippen LogP contribution in [0.15, 0.2) is 48.7 Å². The molecule has 0 spiro atoms. The molecule has 0 saturated heterocycles. The third kappa shape index (κ3) is 4.42. The van der Waals surface area contributed by atoms with E-state index in [9.17, 15) is 9.59 Å². The van der Waals surface area contributed by atoms with Gasteiger partial charge in [-0.1, -0.05) is 24.3 Å². The Morgan fingerprint density at radius 1 is 1.04 bits per heavy atom. The van der Waals surface area contributed by atoms with Crippen molar-refractivity contribution in [1.29, 1.82) is 0 Å². The number of ether oxygens (including phenoxy) is 4. The van der Waals surface area contributed by atoms with Crippen molar-refractivity contribution >= 4 is 17.8 Å². The van der Waals surface area contributed by atoms with E-state index in [-0.39, 0.29) is 12.2 Å². The van der Waals surface area contributed by atoms with Crippen LogP contribution in [-0.2, 0) is 20.9 Å². The minimum Gasteiger partial charge on any atom is -0.503 e. The van der Waals surface area contributed by atoms with Crippen LogP contribution in [0.25, 0.3) is 5.57 Å². The molecular formula is C20H20O6. The molecule has 26 heavy (non-hydrogen) atoms. The molecule has 0 N–H and O–H groups in total. The second-order valence-corrected chi connectivity index (χ2v) is 5.23. The first kappa shape index (κ1) is 19.1. The molecule has 0 saturated carbocycles. The highest BCUT2D eigenvalue weighted by Crippen LogP contribution is 2.29. The Balaban J connectivity index is 2.33. The van der Waals surface area contributed by atoms with Crippen LogP contribution in [0.2, 0.25) is 0 Å². The zero-order valence-electron chi connectivity index (χ0n) is 14.9. The van der Waals surface area contributed by atoms with Gasteiger partial charge >= 0.3 is 5.97 Å². The summed E-state index contributed by atoms with van der Waals surface area (Å²) in [4.78, 5) is 23.0. The molecule has 0 aliphatic carbocycles. The van der Waals surface area contributed by atoms with E-state index >= 15 is 0 Å². The Morgan fingerprint density at radius 3 is 2.46 bits per heavy atom. The lowest BCUT2D eigenvalue weighted by atomic mass is 10.0. The van der Waals surface area contributed by atoms with Crippen LogP contribution >= 0.6 is 0 Å². The summed E-state index contributed by atoms with van der Waals surface area (Å²) in [6.45, 7) is 0.160. The van der Waals surface area contributed by atoms with Gasteiger partial charge in [0.05, 0.1) is 27.6 Å². The van der Waals surface area contributed by atoms with E-state index in [2.05, 4.69) is 0 Å². The van der Waals surface area contributed by atoms with E-state index in [1.54, 1.807) is 30.3 Å². The van der Waals surface area contributed by atoms with Crippen LogP contribution in [0.5, 0.6) is 11.5 Å². The molecule has 2 rings (SSSR count). The van der Waals surface area contributed by atoms with E-state index in [1.807, 2.05) is 12.1 Å². The molecule has 136 valence electrons. The molecule has 0 fully saturated rings. The summed E-state index contributed by atoms with van der Waals surface area (Å²) in [6.07, 6.45) is 2.06. The van der Waals surface area contributed by atoms with Crippen molar-refractivity contribution in [2.75, 3.05) is 21.3 Å². The lowest BCUT2D eigenvalue weighted by Gasteiger charge is -2.14. The summed E-state index contributed by atoms with van der Waals surface area (Å²) < 4.78 is 20.9. The maximum absolute atomic E-state index is 12.0. The van der Waals surface area contributed by atoms with E-state index in [4.69, 9.17) is 18.9 Å². The molecule has 0 aliphatic heterocycles. The van der Waals surface area contributed by atoms with Crippen molar-refractivity contribution in [1.82, 2.24) is 0 Å². The number of methoxy groups -OCH3 is 3. The number of carbonyl (C=O) groups excluding carboxylic acids is 2. The number of benzene rings is 2. The molecule has 0 unspecified atom stereocenters. The minimum atomic E-state index is -0.514. The standard InChI is InChI=1S/C20H20O6/c1-23-13-17(20(22)25-3)16-7-5-4-6-15(16)12-26-19-10-14(11-21)8-9-18(19)24-2/h4-11,13H,12H2,1-3H3/b17-13+. The molecule has 0 aliphatic rings. The second-order valence-electron chi connectivity index (χ2n) is 5.23. The average molecular weight is 356 g/mol. The first-order chi connectivity index (χ1) is 12.6. The van der Waals surface area contributed by atoms with Crippen LogP contribution in [0.1, 0.15) is 21.5 Å². The lowest BCUT2D eigenvalue weighted by molar-refractivity contribution is -0.133. The number of aldehydes is 1. The van der Waals surface area contributed by atoms with Crippen molar-refractivity contribution in [2.24, 2.45) is 0 Å². The van der Waals surface area contributed by atoms with Crippen molar-refractivity contribution in [3.8, 4) is 11.5 Å². The van der Waals surface area contributed by atoms with E-state index in [1.165, 1.54) is 27.6 Å². The van der Waals surface area contributed by atoms with Gasteiger partial charge in [0.25, 0.3) is 0 Å². The summed E-state index contributed by atoms with van der Waals surface area (Å²) in [5, 5.41) is 0. The lowest BCUT2D eigenvalue weighted by Crippen LogP contribution is -2.08. The Labute approximate surface area is 151 Å². The zero-order chi connectivity index (χ0) is 18.9. The SMILES string of the molecule is CO/C=C(/C(=O)OC)c1ccccc1COc1cc(C=O)ccc1OC. The van der Waals surface area contributed by atoms with Gasteiger partial charge in [0, 0.05) is 5.56 Å². The largest absolute Gasteiger partial charge is 0.503 e. The van der Waals surface area contributed by atoms with E-state index < -0.39 is 5.97 Å². The van der Waals surface area contributed by atoms with Gasteiger partial charge in [0.15, 0.2) is 11.5 Å². The van der Waals surface area contributed by atoms with Crippen molar-refractivity contribution in [3.63, 3.8) is 0 Å². The second kappa shape index (κ2) is 9.27. The molecule has 6 heteroatoms. The summed E-state index contributed by atoms with van der Waals surface area (Å²) in [6, 6.07) is 12.2. The van der Waals surface area contributed by atoms with Crippen LogP contribution in [0.4, 0.5) is 0 Å². The first-order valence-electron chi connectivity index (χ1n) is 7.80.